The number of nitrogens with one attached hydrogen (secondary N) is 1. The molecule has 3 atom stereocenters. The molecule has 1 aliphatic rings. The molecule has 15 heavy (non-hydrogen) atoms. The minimum atomic E-state index is 0.421. The quantitative estimate of drug-likeness (QED) is 0.583. The molecule has 2 rings (SSSR count). The first-order valence-corrected chi connectivity index (χ1v) is 5.81. The average molecular weight is 204 g/mol. The predicted octanol–water partition coefficient (Wildman–Crippen LogP) is 2.20. The molecule has 2 heteroatoms. The van der Waals surface area contributed by atoms with Crippen molar-refractivity contribution in [3.05, 3.63) is 35.4 Å². The van der Waals surface area contributed by atoms with Crippen molar-refractivity contribution in [2.75, 3.05) is 0 Å². The minimum absolute atomic E-state index is 0.421. The molecule has 0 saturated carbocycles. The lowest BCUT2D eigenvalue weighted by Crippen LogP contribution is -2.47. The van der Waals surface area contributed by atoms with Crippen molar-refractivity contribution in [2.24, 2.45) is 11.8 Å². The summed E-state index contributed by atoms with van der Waals surface area (Å²) in [6, 6.07) is 9.11. The van der Waals surface area contributed by atoms with Gasteiger partial charge in [0.1, 0.15) is 0 Å². The van der Waals surface area contributed by atoms with E-state index in [-0.39, 0.29) is 0 Å². The Morgan fingerprint density at radius 1 is 1.47 bits per heavy atom. The maximum Gasteiger partial charge on any atom is 0.0307 e. The standard InChI is InChI=1S/C13H20N2/c1-3-9(2)13(15-14)12-8-10-6-4-5-7-11(10)12/h4-7,9,12-13,15H,3,8,14H2,1-2H3. The van der Waals surface area contributed by atoms with Crippen LogP contribution in [-0.4, -0.2) is 6.04 Å². The molecule has 3 N–H and O–H groups in total. The number of fused-ring (bicyclic) bond motifs is 1. The van der Waals surface area contributed by atoms with Gasteiger partial charge < -0.3 is 0 Å². The average Bonchev–Trinajstić information content (AvgIpc) is 2.25. The van der Waals surface area contributed by atoms with E-state index in [4.69, 9.17) is 5.84 Å². The van der Waals surface area contributed by atoms with Gasteiger partial charge in [-0.3, -0.25) is 11.3 Å². The Bertz CT molecular complexity index is 335. The van der Waals surface area contributed by atoms with Crippen molar-refractivity contribution in [1.82, 2.24) is 5.43 Å². The molecule has 0 saturated heterocycles. The van der Waals surface area contributed by atoms with Gasteiger partial charge in [-0.15, -0.1) is 0 Å². The first-order valence-electron chi connectivity index (χ1n) is 5.81. The van der Waals surface area contributed by atoms with Crippen LogP contribution in [-0.2, 0) is 6.42 Å². The Balaban J connectivity index is 2.14. The molecule has 1 aromatic rings. The van der Waals surface area contributed by atoms with E-state index < -0.39 is 0 Å². The van der Waals surface area contributed by atoms with Crippen LogP contribution in [0, 0.1) is 5.92 Å². The second-order valence-corrected chi connectivity index (χ2v) is 4.59. The molecule has 3 unspecified atom stereocenters. The molecular weight excluding hydrogens is 184 g/mol. The zero-order valence-corrected chi connectivity index (χ0v) is 9.53. The van der Waals surface area contributed by atoms with Gasteiger partial charge in [0.2, 0.25) is 0 Å². The summed E-state index contributed by atoms with van der Waals surface area (Å²) in [5.74, 6) is 6.91. The fraction of sp³-hybridized carbons (Fsp3) is 0.538. The number of benzene rings is 1. The van der Waals surface area contributed by atoms with Gasteiger partial charge in [0.15, 0.2) is 0 Å². The lowest BCUT2D eigenvalue weighted by atomic mass is 9.70. The van der Waals surface area contributed by atoms with Crippen LogP contribution in [0.2, 0.25) is 0 Å². The summed E-state index contributed by atoms with van der Waals surface area (Å²) >= 11 is 0. The lowest BCUT2D eigenvalue weighted by molar-refractivity contribution is 0.300. The van der Waals surface area contributed by atoms with Crippen LogP contribution in [0.15, 0.2) is 24.3 Å². The molecule has 0 amide bonds. The van der Waals surface area contributed by atoms with Gasteiger partial charge >= 0.3 is 0 Å². The molecule has 1 aromatic carbocycles. The van der Waals surface area contributed by atoms with E-state index in [1.807, 2.05) is 0 Å². The van der Waals surface area contributed by atoms with Gasteiger partial charge in [0.05, 0.1) is 0 Å². The third-order valence-electron chi connectivity index (χ3n) is 3.78. The maximum absolute atomic E-state index is 5.67. The van der Waals surface area contributed by atoms with Crippen LogP contribution in [0.5, 0.6) is 0 Å². The molecule has 0 aromatic heterocycles. The van der Waals surface area contributed by atoms with Crippen molar-refractivity contribution in [3.8, 4) is 0 Å². The van der Waals surface area contributed by atoms with Crippen molar-refractivity contribution in [2.45, 2.75) is 38.6 Å². The zero-order valence-electron chi connectivity index (χ0n) is 9.53. The van der Waals surface area contributed by atoms with Crippen LogP contribution >= 0.6 is 0 Å². The molecular formula is C13H20N2. The second-order valence-electron chi connectivity index (χ2n) is 4.59. The fourth-order valence-corrected chi connectivity index (χ4v) is 2.55. The van der Waals surface area contributed by atoms with Gasteiger partial charge in [-0.25, -0.2) is 0 Å². The van der Waals surface area contributed by atoms with Crippen molar-refractivity contribution >= 4 is 0 Å². The van der Waals surface area contributed by atoms with E-state index in [0.717, 1.165) is 0 Å². The predicted molar refractivity (Wildman–Crippen MR) is 63.5 cm³/mol. The number of hydrogen-bond acceptors (Lipinski definition) is 2. The van der Waals surface area contributed by atoms with E-state index >= 15 is 0 Å². The largest absolute Gasteiger partial charge is 0.271 e. The van der Waals surface area contributed by atoms with Crippen LogP contribution in [0.3, 0.4) is 0 Å². The molecule has 0 radical (unpaired) electrons. The summed E-state index contributed by atoms with van der Waals surface area (Å²) in [6.45, 7) is 4.49. The van der Waals surface area contributed by atoms with Crippen LogP contribution < -0.4 is 11.3 Å². The van der Waals surface area contributed by atoms with E-state index in [0.29, 0.717) is 17.9 Å². The second kappa shape index (κ2) is 4.33. The molecule has 0 fully saturated rings. The molecule has 1 aliphatic carbocycles. The highest BCUT2D eigenvalue weighted by atomic mass is 15.2. The molecule has 0 bridgehead atoms. The molecule has 82 valence electrons. The van der Waals surface area contributed by atoms with E-state index in [2.05, 4.69) is 43.5 Å². The van der Waals surface area contributed by atoms with Crippen LogP contribution in [0.4, 0.5) is 0 Å². The van der Waals surface area contributed by atoms with Crippen molar-refractivity contribution < 1.29 is 0 Å². The zero-order chi connectivity index (χ0) is 10.8. The van der Waals surface area contributed by atoms with Gasteiger partial charge in [0, 0.05) is 12.0 Å². The number of rotatable bonds is 4. The summed E-state index contributed by atoms with van der Waals surface area (Å²) in [4.78, 5) is 0. The molecule has 0 spiro atoms. The topological polar surface area (TPSA) is 38.0 Å². The van der Waals surface area contributed by atoms with Crippen molar-refractivity contribution in [3.63, 3.8) is 0 Å². The number of hydrazine groups is 1. The van der Waals surface area contributed by atoms with E-state index in [1.54, 1.807) is 0 Å². The highest BCUT2D eigenvalue weighted by Gasteiger charge is 2.34. The third-order valence-corrected chi connectivity index (χ3v) is 3.78. The summed E-state index contributed by atoms with van der Waals surface area (Å²) in [7, 11) is 0. The highest BCUT2D eigenvalue weighted by molar-refractivity contribution is 5.41. The summed E-state index contributed by atoms with van der Waals surface area (Å²) < 4.78 is 0. The monoisotopic (exact) mass is 204 g/mol. The maximum atomic E-state index is 5.67. The lowest BCUT2D eigenvalue weighted by Gasteiger charge is -2.39. The van der Waals surface area contributed by atoms with Crippen LogP contribution in [0.25, 0.3) is 0 Å². The summed E-state index contributed by atoms with van der Waals surface area (Å²) in [6.07, 6.45) is 2.35. The van der Waals surface area contributed by atoms with Crippen LogP contribution in [0.1, 0.15) is 37.3 Å². The molecule has 2 nitrogen and oxygen atoms in total. The summed E-state index contributed by atoms with van der Waals surface area (Å²) in [5.41, 5.74) is 5.97. The Kier molecular flexibility index (Phi) is 3.08. The first kappa shape index (κ1) is 10.7. The Hall–Kier alpha value is -0.860. The Morgan fingerprint density at radius 2 is 2.20 bits per heavy atom. The van der Waals surface area contributed by atoms with Gasteiger partial charge in [-0.1, -0.05) is 44.5 Å². The van der Waals surface area contributed by atoms with E-state index in [9.17, 15) is 0 Å². The molecule has 0 aliphatic heterocycles. The fourth-order valence-electron chi connectivity index (χ4n) is 2.55. The normalized spacial score (nSPS) is 22.7. The first-order chi connectivity index (χ1) is 7.27. The van der Waals surface area contributed by atoms with Crippen molar-refractivity contribution in [1.29, 1.82) is 0 Å². The minimum Gasteiger partial charge on any atom is -0.271 e. The SMILES string of the molecule is CCC(C)C(NN)C1Cc2ccccc21. The van der Waals surface area contributed by atoms with E-state index in [1.165, 1.54) is 24.0 Å². The number of hydrogen-bond donors (Lipinski definition) is 2. The van der Waals surface area contributed by atoms with Gasteiger partial charge in [-0.05, 0) is 23.5 Å². The Labute approximate surface area is 91.8 Å². The highest BCUT2D eigenvalue weighted by Crippen LogP contribution is 2.39. The Morgan fingerprint density at radius 3 is 2.80 bits per heavy atom. The number of nitrogens with two attached hydrogens (primary N) is 1. The van der Waals surface area contributed by atoms with Gasteiger partial charge in [0.25, 0.3) is 0 Å². The smallest absolute Gasteiger partial charge is 0.0307 e. The summed E-state index contributed by atoms with van der Waals surface area (Å²) in [5, 5.41) is 0. The molecule has 0 heterocycles. The van der Waals surface area contributed by atoms with Gasteiger partial charge in [-0.2, -0.15) is 0 Å². The third kappa shape index (κ3) is 1.80.